The molecule has 16 heavy (non-hydrogen) atoms. The maximum atomic E-state index is 5.33. The molecule has 0 saturated carbocycles. The Balaban J connectivity index is 3.33. The third-order valence-electron chi connectivity index (χ3n) is 2.64. The topological polar surface area (TPSA) is 27.7 Å². The summed E-state index contributed by atoms with van der Waals surface area (Å²) in [7, 11) is 3.37. The van der Waals surface area contributed by atoms with Crippen molar-refractivity contribution >= 4 is 0 Å². The minimum absolute atomic E-state index is 0.0530. The van der Waals surface area contributed by atoms with Gasteiger partial charge in [0.15, 0.2) is 6.29 Å². The highest BCUT2D eigenvalue weighted by Crippen LogP contribution is 2.16. The highest BCUT2D eigenvalue weighted by molar-refractivity contribution is 4.59. The van der Waals surface area contributed by atoms with Gasteiger partial charge in [-0.25, -0.2) is 0 Å². The molecule has 0 heterocycles. The fourth-order valence-corrected chi connectivity index (χ4v) is 1.53. The van der Waals surface area contributed by atoms with Crippen LogP contribution in [0.5, 0.6) is 0 Å². The molecule has 0 rings (SSSR count). The quantitative estimate of drug-likeness (QED) is 0.403. The molecule has 0 fully saturated rings. The molecule has 3 nitrogen and oxygen atoms in total. The zero-order valence-corrected chi connectivity index (χ0v) is 11.2. The van der Waals surface area contributed by atoms with Crippen molar-refractivity contribution in [3.05, 3.63) is 6.61 Å². The Morgan fingerprint density at radius 3 is 2.31 bits per heavy atom. The summed E-state index contributed by atoms with van der Waals surface area (Å²) in [5.74, 6) is 0.689. The van der Waals surface area contributed by atoms with Crippen molar-refractivity contribution in [2.75, 3.05) is 20.8 Å². The number of ether oxygens (including phenoxy) is 3. The third kappa shape index (κ3) is 9.13. The average molecular weight is 231 g/mol. The fourth-order valence-electron chi connectivity index (χ4n) is 1.53. The van der Waals surface area contributed by atoms with Gasteiger partial charge < -0.3 is 14.2 Å². The van der Waals surface area contributed by atoms with E-state index in [2.05, 4.69) is 13.8 Å². The standard InChI is InChI=1S/C13H27O3/c1-5-10-16-11-6-7-12(2)8-9-13(14-3)15-4/h11-13H,5-10H2,1-4H3. The van der Waals surface area contributed by atoms with Crippen LogP contribution in [0.1, 0.15) is 46.0 Å². The van der Waals surface area contributed by atoms with Gasteiger partial charge in [-0.15, -0.1) is 0 Å². The molecule has 0 aromatic rings. The van der Waals surface area contributed by atoms with E-state index in [1.165, 1.54) is 6.42 Å². The summed E-state index contributed by atoms with van der Waals surface area (Å²) in [4.78, 5) is 0. The second-order valence-electron chi connectivity index (χ2n) is 4.20. The van der Waals surface area contributed by atoms with Crippen molar-refractivity contribution in [1.29, 1.82) is 0 Å². The summed E-state index contributed by atoms with van der Waals surface area (Å²) >= 11 is 0. The predicted molar refractivity (Wildman–Crippen MR) is 66.0 cm³/mol. The molecule has 0 saturated heterocycles. The third-order valence-corrected chi connectivity index (χ3v) is 2.64. The van der Waals surface area contributed by atoms with Gasteiger partial charge in [-0.3, -0.25) is 0 Å². The Morgan fingerprint density at radius 1 is 1.06 bits per heavy atom. The Labute approximate surface area is 100 Å². The number of hydrogen-bond acceptors (Lipinski definition) is 3. The number of methoxy groups -OCH3 is 2. The van der Waals surface area contributed by atoms with E-state index in [1.807, 2.05) is 6.61 Å². The Hall–Kier alpha value is -0.120. The normalized spacial score (nSPS) is 13.3. The van der Waals surface area contributed by atoms with Crippen LogP contribution in [0, 0.1) is 12.5 Å². The Bertz CT molecular complexity index is 135. The van der Waals surface area contributed by atoms with E-state index in [4.69, 9.17) is 14.2 Å². The van der Waals surface area contributed by atoms with Gasteiger partial charge in [0.05, 0.1) is 6.61 Å². The van der Waals surface area contributed by atoms with Crippen LogP contribution in [0.4, 0.5) is 0 Å². The van der Waals surface area contributed by atoms with Gasteiger partial charge in [0.2, 0.25) is 0 Å². The Morgan fingerprint density at radius 2 is 1.75 bits per heavy atom. The van der Waals surface area contributed by atoms with Crippen molar-refractivity contribution in [2.24, 2.45) is 5.92 Å². The molecule has 0 aliphatic heterocycles. The molecule has 0 amide bonds. The van der Waals surface area contributed by atoms with Gasteiger partial charge >= 0.3 is 0 Å². The minimum Gasteiger partial charge on any atom is -0.376 e. The fraction of sp³-hybridized carbons (Fsp3) is 0.923. The molecule has 1 unspecified atom stereocenters. The summed E-state index contributed by atoms with van der Waals surface area (Å²) in [5, 5.41) is 0. The summed E-state index contributed by atoms with van der Waals surface area (Å²) in [6.45, 7) is 7.15. The van der Waals surface area contributed by atoms with Crippen LogP contribution < -0.4 is 0 Å². The number of rotatable bonds is 11. The maximum absolute atomic E-state index is 5.33. The first kappa shape index (κ1) is 15.9. The lowest BCUT2D eigenvalue weighted by molar-refractivity contribution is -0.108. The van der Waals surface area contributed by atoms with Crippen molar-refractivity contribution in [1.82, 2.24) is 0 Å². The highest BCUT2D eigenvalue weighted by Gasteiger charge is 2.08. The van der Waals surface area contributed by atoms with E-state index in [1.54, 1.807) is 14.2 Å². The van der Waals surface area contributed by atoms with Crippen LogP contribution in [0.2, 0.25) is 0 Å². The van der Waals surface area contributed by atoms with Gasteiger partial charge in [-0.1, -0.05) is 13.8 Å². The molecule has 3 heteroatoms. The van der Waals surface area contributed by atoms with Crippen molar-refractivity contribution < 1.29 is 14.2 Å². The second-order valence-corrected chi connectivity index (χ2v) is 4.20. The lowest BCUT2D eigenvalue weighted by Gasteiger charge is -2.16. The Kier molecular flexibility index (Phi) is 11.3. The first-order chi connectivity index (χ1) is 7.74. The summed E-state index contributed by atoms with van der Waals surface area (Å²) < 4.78 is 15.6. The SMILES string of the molecule is CCCO[CH]CCC(C)CCC(OC)OC. The smallest absolute Gasteiger partial charge is 0.156 e. The zero-order chi connectivity index (χ0) is 12.2. The largest absolute Gasteiger partial charge is 0.376 e. The first-order valence-electron chi connectivity index (χ1n) is 6.23. The molecular weight excluding hydrogens is 204 g/mol. The van der Waals surface area contributed by atoms with Gasteiger partial charge in [0.25, 0.3) is 0 Å². The van der Waals surface area contributed by atoms with E-state index in [0.717, 1.165) is 32.3 Å². The molecule has 1 radical (unpaired) electrons. The molecule has 1 atom stereocenters. The number of hydrogen-bond donors (Lipinski definition) is 0. The minimum atomic E-state index is -0.0530. The summed E-state index contributed by atoms with van der Waals surface area (Å²) in [6, 6.07) is 0. The molecule has 0 aliphatic rings. The molecule has 0 aliphatic carbocycles. The van der Waals surface area contributed by atoms with E-state index >= 15 is 0 Å². The molecule has 0 aromatic heterocycles. The van der Waals surface area contributed by atoms with Crippen molar-refractivity contribution in [3.63, 3.8) is 0 Å². The first-order valence-corrected chi connectivity index (χ1v) is 6.23. The van der Waals surface area contributed by atoms with Crippen LogP contribution in [-0.2, 0) is 14.2 Å². The zero-order valence-electron chi connectivity index (χ0n) is 11.2. The molecular formula is C13H27O3. The van der Waals surface area contributed by atoms with Gasteiger partial charge in [0.1, 0.15) is 0 Å². The molecule has 0 N–H and O–H groups in total. The second kappa shape index (κ2) is 11.4. The molecule has 0 bridgehead atoms. The van der Waals surface area contributed by atoms with E-state index < -0.39 is 0 Å². The van der Waals surface area contributed by atoms with Gasteiger partial charge in [-0.2, -0.15) is 0 Å². The highest BCUT2D eigenvalue weighted by atomic mass is 16.7. The van der Waals surface area contributed by atoms with Crippen LogP contribution in [0.3, 0.4) is 0 Å². The summed E-state index contributed by atoms with van der Waals surface area (Å²) in [5.41, 5.74) is 0. The van der Waals surface area contributed by atoms with Crippen LogP contribution in [0.15, 0.2) is 0 Å². The average Bonchev–Trinajstić information content (AvgIpc) is 2.30. The lowest BCUT2D eigenvalue weighted by atomic mass is 10.00. The van der Waals surface area contributed by atoms with Crippen molar-refractivity contribution in [3.8, 4) is 0 Å². The molecule has 0 spiro atoms. The van der Waals surface area contributed by atoms with E-state index in [9.17, 15) is 0 Å². The van der Waals surface area contributed by atoms with Crippen LogP contribution in [0.25, 0.3) is 0 Å². The molecule has 0 aromatic carbocycles. The summed E-state index contributed by atoms with van der Waals surface area (Å²) in [6.07, 6.45) is 5.33. The van der Waals surface area contributed by atoms with Gasteiger partial charge in [-0.05, 0) is 38.0 Å². The monoisotopic (exact) mass is 231 g/mol. The van der Waals surface area contributed by atoms with E-state index in [-0.39, 0.29) is 6.29 Å². The van der Waals surface area contributed by atoms with E-state index in [0.29, 0.717) is 5.92 Å². The predicted octanol–water partition coefficient (Wildman–Crippen LogP) is 3.39. The van der Waals surface area contributed by atoms with Crippen molar-refractivity contribution in [2.45, 2.75) is 52.2 Å². The lowest BCUT2D eigenvalue weighted by Crippen LogP contribution is -2.14. The van der Waals surface area contributed by atoms with Gasteiger partial charge in [0, 0.05) is 20.8 Å². The van der Waals surface area contributed by atoms with Crippen LogP contribution >= 0.6 is 0 Å². The maximum Gasteiger partial charge on any atom is 0.156 e. The molecule has 97 valence electrons. The van der Waals surface area contributed by atoms with Crippen LogP contribution in [-0.4, -0.2) is 27.1 Å².